The molecule has 1 aromatic carbocycles. The molecular weight excluding hydrogens is 296 g/mol. The van der Waals surface area contributed by atoms with Gasteiger partial charge in [-0.3, -0.25) is 20.5 Å². The molecular formula is C14H16N8O. The lowest BCUT2D eigenvalue weighted by molar-refractivity contribution is 0.709. The summed E-state index contributed by atoms with van der Waals surface area (Å²) < 4.78 is 0. The highest BCUT2D eigenvalue weighted by molar-refractivity contribution is 5.68. The molecule has 1 aliphatic heterocycles. The van der Waals surface area contributed by atoms with Gasteiger partial charge in [-0.05, 0) is 11.6 Å². The highest BCUT2D eigenvalue weighted by atomic mass is 16.1. The first kappa shape index (κ1) is 14.9. The van der Waals surface area contributed by atoms with Crippen molar-refractivity contribution < 1.29 is 0 Å². The van der Waals surface area contributed by atoms with E-state index >= 15 is 0 Å². The molecule has 6 N–H and O–H groups in total. The van der Waals surface area contributed by atoms with Gasteiger partial charge in [0.15, 0.2) is 11.2 Å². The largest absolute Gasteiger partial charge is 0.372 e. The van der Waals surface area contributed by atoms with Gasteiger partial charge in [-0.2, -0.15) is 4.98 Å². The number of H-pyrrole nitrogens is 1. The topological polar surface area (TPSA) is 134 Å². The Labute approximate surface area is 131 Å². The molecule has 0 unspecified atom stereocenters. The maximum atomic E-state index is 11.3. The number of nitrogens with two attached hydrogens (primary N) is 1. The molecule has 0 atom stereocenters. The van der Waals surface area contributed by atoms with Crippen molar-refractivity contribution in [2.45, 2.75) is 6.54 Å². The quantitative estimate of drug-likeness (QED) is 0.317. The van der Waals surface area contributed by atoms with Gasteiger partial charge in [0.2, 0.25) is 5.95 Å². The molecule has 9 nitrogen and oxygen atoms in total. The lowest BCUT2D eigenvalue weighted by Gasteiger charge is -2.18. The number of aromatic nitrogens is 4. The Balaban J connectivity index is 0.000000140. The molecule has 0 radical (unpaired) electrons. The Bertz CT molecular complexity index is 838. The van der Waals surface area contributed by atoms with Crippen LogP contribution >= 0.6 is 0 Å². The zero-order chi connectivity index (χ0) is 16.1. The molecule has 0 saturated carbocycles. The Kier molecular flexibility index (Phi) is 4.41. The van der Waals surface area contributed by atoms with Crippen molar-refractivity contribution >= 4 is 22.8 Å². The van der Waals surface area contributed by atoms with Crippen LogP contribution in [0.4, 0.5) is 11.6 Å². The third-order valence-electron chi connectivity index (χ3n) is 3.22. The summed E-state index contributed by atoms with van der Waals surface area (Å²) in [6.45, 7) is 1.88. The highest BCUT2D eigenvalue weighted by Crippen LogP contribution is 2.16. The van der Waals surface area contributed by atoms with E-state index in [2.05, 4.69) is 60.3 Å². The van der Waals surface area contributed by atoms with Crippen LogP contribution in [0.3, 0.4) is 0 Å². The van der Waals surface area contributed by atoms with E-state index in [9.17, 15) is 4.79 Å². The first-order valence-corrected chi connectivity index (χ1v) is 6.98. The van der Waals surface area contributed by atoms with E-state index in [1.54, 1.807) is 0 Å². The summed E-state index contributed by atoms with van der Waals surface area (Å²) >= 11 is 0. The predicted octanol–water partition coefficient (Wildman–Crippen LogP) is 0.158. The van der Waals surface area contributed by atoms with Gasteiger partial charge in [-0.1, -0.05) is 18.2 Å². The molecule has 2 aromatic heterocycles. The standard InChI is InChI=1S/C8H10N2.C6H6N6O/c1-2-4-8-7(3-1)5-9-6-10-8;7-12-6-10-4-3(5(13)11-6)8-1-2-9-4/h1-4,9-10H,5-6H2;1-2H,7H2,(H2,9,10,11,12,13). The fourth-order valence-corrected chi connectivity index (χ4v) is 2.14. The van der Waals surface area contributed by atoms with Crippen molar-refractivity contribution in [3.8, 4) is 0 Å². The zero-order valence-electron chi connectivity index (χ0n) is 12.2. The van der Waals surface area contributed by atoms with Crippen molar-refractivity contribution in [2.24, 2.45) is 5.84 Å². The lowest BCUT2D eigenvalue weighted by atomic mass is 10.1. The molecule has 0 bridgehead atoms. The SMILES string of the molecule is NNc1nc2nccnc2c(=O)[nH]1.c1ccc2c(c1)CNCN2. The highest BCUT2D eigenvalue weighted by Gasteiger charge is 2.04. The number of anilines is 2. The van der Waals surface area contributed by atoms with Crippen LogP contribution in [0.25, 0.3) is 11.2 Å². The molecule has 0 spiro atoms. The van der Waals surface area contributed by atoms with Crippen LogP contribution in [0, 0.1) is 0 Å². The van der Waals surface area contributed by atoms with Gasteiger partial charge in [-0.15, -0.1) is 0 Å². The summed E-state index contributed by atoms with van der Waals surface area (Å²) in [6.07, 6.45) is 2.88. The molecule has 0 fully saturated rings. The number of nitrogens with zero attached hydrogens (tertiary/aromatic N) is 3. The molecule has 1 aliphatic rings. The van der Waals surface area contributed by atoms with Crippen molar-refractivity contribution in [2.75, 3.05) is 17.4 Å². The van der Waals surface area contributed by atoms with Crippen LogP contribution in [0.5, 0.6) is 0 Å². The van der Waals surface area contributed by atoms with Crippen LogP contribution in [-0.4, -0.2) is 26.6 Å². The van der Waals surface area contributed by atoms with Gasteiger partial charge >= 0.3 is 0 Å². The summed E-state index contributed by atoms with van der Waals surface area (Å²) in [6, 6.07) is 8.36. The molecule has 0 saturated heterocycles. The van der Waals surface area contributed by atoms with E-state index in [4.69, 9.17) is 5.84 Å². The average molecular weight is 312 g/mol. The minimum atomic E-state index is -0.369. The number of fused-ring (bicyclic) bond motifs is 2. The number of aromatic amines is 1. The van der Waals surface area contributed by atoms with E-state index in [0.29, 0.717) is 0 Å². The van der Waals surface area contributed by atoms with Gasteiger partial charge in [0, 0.05) is 24.6 Å². The van der Waals surface area contributed by atoms with Gasteiger partial charge < -0.3 is 5.32 Å². The monoisotopic (exact) mass is 312 g/mol. The molecule has 4 rings (SSSR count). The molecule has 0 aliphatic carbocycles. The third-order valence-corrected chi connectivity index (χ3v) is 3.22. The van der Waals surface area contributed by atoms with Crippen molar-refractivity contribution in [1.82, 2.24) is 25.3 Å². The van der Waals surface area contributed by atoms with Gasteiger partial charge in [0.25, 0.3) is 5.56 Å². The van der Waals surface area contributed by atoms with E-state index in [1.165, 1.54) is 23.6 Å². The summed E-state index contributed by atoms with van der Waals surface area (Å²) in [7, 11) is 0. The van der Waals surface area contributed by atoms with Gasteiger partial charge in [0.1, 0.15) is 0 Å². The normalized spacial score (nSPS) is 12.6. The average Bonchev–Trinajstić information content (AvgIpc) is 2.62. The van der Waals surface area contributed by atoms with Crippen LogP contribution in [-0.2, 0) is 6.54 Å². The van der Waals surface area contributed by atoms with E-state index < -0.39 is 0 Å². The van der Waals surface area contributed by atoms with Gasteiger partial charge in [-0.25, -0.2) is 15.8 Å². The molecule has 118 valence electrons. The summed E-state index contributed by atoms with van der Waals surface area (Å²) in [5.41, 5.74) is 4.94. The van der Waals surface area contributed by atoms with Gasteiger partial charge in [0.05, 0.1) is 6.67 Å². The summed E-state index contributed by atoms with van der Waals surface area (Å²) in [5.74, 6) is 5.24. The zero-order valence-corrected chi connectivity index (χ0v) is 12.2. The third kappa shape index (κ3) is 3.42. The molecule has 0 amide bonds. The van der Waals surface area contributed by atoms with Crippen molar-refractivity contribution in [3.63, 3.8) is 0 Å². The minimum absolute atomic E-state index is 0.165. The Morgan fingerprint density at radius 2 is 2.00 bits per heavy atom. The number of hydrogen-bond donors (Lipinski definition) is 5. The van der Waals surface area contributed by atoms with Crippen molar-refractivity contribution in [3.05, 3.63) is 52.6 Å². The maximum Gasteiger partial charge on any atom is 0.280 e. The van der Waals surface area contributed by atoms with E-state index in [0.717, 1.165) is 13.2 Å². The molecule has 23 heavy (non-hydrogen) atoms. The predicted molar refractivity (Wildman–Crippen MR) is 87.5 cm³/mol. The molecule has 3 aromatic rings. The van der Waals surface area contributed by atoms with Crippen LogP contribution in [0.15, 0.2) is 41.5 Å². The maximum absolute atomic E-state index is 11.3. The number of hydrogen-bond acceptors (Lipinski definition) is 8. The van der Waals surface area contributed by atoms with Crippen LogP contribution in [0.1, 0.15) is 5.56 Å². The smallest absolute Gasteiger partial charge is 0.280 e. The van der Waals surface area contributed by atoms with E-state index in [1.807, 2.05) is 0 Å². The number of para-hydroxylation sites is 1. The number of nitrogens with one attached hydrogen (secondary N) is 4. The summed E-state index contributed by atoms with van der Waals surface area (Å²) in [4.78, 5) is 25.2. The second-order valence-corrected chi connectivity index (χ2v) is 4.72. The number of hydrazine groups is 1. The Morgan fingerprint density at radius 3 is 2.83 bits per heavy atom. The Hall–Kier alpha value is -3.04. The second kappa shape index (κ2) is 6.81. The number of nitrogen functional groups attached to an aromatic ring is 1. The fraction of sp³-hybridized carbons (Fsp3) is 0.143. The van der Waals surface area contributed by atoms with Crippen molar-refractivity contribution in [1.29, 1.82) is 0 Å². The minimum Gasteiger partial charge on any atom is -0.372 e. The first-order chi connectivity index (χ1) is 11.3. The van der Waals surface area contributed by atoms with Crippen LogP contribution in [0.2, 0.25) is 0 Å². The Morgan fingerprint density at radius 1 is 1.17 bits per heavy atom. The fourth-order valence-electron chi connectivity index (χ4n) is 2.14. The summed E-state index contributed by atoms with van der Waals surface area (Å²) in [5, 5.41) is 6.48. The van der Waals surface area contributed by atoms with Crippen LogP contribution < -0.4 is 27.5 Å². The first-order valence-electron chi connectivity index (χ1n) is 6.98. The van der Waals surface area contributed by atoms with E-state index in [-0.39, 0.29) is 22.7 Å². The molecule has 9 heteroatoms. The number of benzene rings is 1. The number of rotatable bonds is 1. The lowest BCUT2D eigenvalue weighted by Crippen LogP contribution is -2.27. The molecule has 3 heterocycles. The second-order valence-electron chi connectivity index (χ2n) is 4.72.